The van der Waals surface area contributed by atoms with E-state index in [9.17, 15) is 0 Å². The molecule has 1 fully saturated rings. The SMILES string of the molecule is CCCCC1=CC(C2CC=CC3=C4C(=C5[C-](C)C(C)(C)C(C)(C)C(C)(C)C5(C)C32)Cc2ccccc24)C=C1.[Cl-].[Cl-].[Zr+3]. The van der Waals surface area contributed by atoms with E-state index in [0.29, 0.717) is 17.8 Å². The van der Waals surface area contributed by atoms with Gasteiger partial charge in [0, 0.05) is 0 Å². The minimum Gasteiger partial charge on any atom is -1.00 e. The van der Waals surface area contributed by atoms with Crippen molar-refractivity contribution >= 4 is 5.57 Å². The van der Waals surface area contributed by atoms with Crippen molar-refractivity contribution in [3.05, 3.63) is 94.0 Å². The van der Waals surface area contributed by atoms with E-state index >= 15 is 0 Å². The van der Waals surface area contributed by atoms with Gasteiger partial charge in [-0.25, -0.2) is 5.92 Å². The van der Waals surface area contributed by atoms with E-state index < -0.39 is 0 Å². The molecule has 1 aromatic carbocycles. The second kappa shape index (κ2) is 11.6. The normalized spacial score (nSPS) is 31.2. The Morgan fingerprint density at radius 1 is 0.927 bits per heavy atom. The quantitative estimate of drug-likeness (QED) is 0.416. The summed E-state index contributed by atoms with van der Waals surface area (Å²) in [4.78, 5) is 0. The number of fused-ring (bicyclic) bond motifs is 6. The molecule has 1 aromatic rings. The summed E-state index contributed by atoms with van der Waals surface area (Å²) < 4.78 is 0. The van der Waals surface area contributed by atoms with E-state index in [1.807, 2.05) is 0 Å². The Kier molecular flexibility index (Phi) is 9.86. The van der Waals surface area contributed by atoms with Crippen molar-refractivity contribution in [2.45, 2.75) is 94.4 Å². The summed E-state index contributed by atoms with van der Waals surface area (Å²) in [5.74, 6) is 3.26. The van der Waals surface area contributed by atoms with Crippen molar-refractivity contribution in [3.8, 4) is 0 Å². The van der Waals surface area contributed by atoms with Crippen LogP contribution in [0.5, 0.6) is 0 Å². The van der Waals surface area contributed by atoms with Gasteiger partial charge in [-0.05, 0) is 58.8 Å². The second-order valence-electron chi connectivity index (χ2n) is 14.8. The molecule has 0 aliphatic heterocycles. The maximum absolute atomic E-state index is 2.69. The van der Waals surface area contributed by atoms with E-state index in [4.69, 9.17) is 0 Å². The van der Waals surface area contributed by atoms with Crippen LogP contribution in [0.3, 0.4) is 0 Å². The summed E-state index contributed by atoms with van der Waals surface area (Å²) in [5.41, 5.74) is 11.6. The third-order valence-electron chi connectivity index (χ3n) is 13.1. The summed E-state index contributed by atoms with van der Waals surface area (Å²) in [6.45, 7) is 22.9. The Labute approximate surface area is 282 Å². The molecule has 0 spiro atoms. The van der Waals surface area contributed by atoms with Gasteiger partial charge in [0.2, 0.25) is 0 Å². The molecule has 219 valence electrons. The van der Waals surface area contributed by atoms with Crippen molar-refractivity contribution in [3.63, 3.8) is 0 Å². The van der Waals surface area contributed by atoms with Crippen molar-refractivity contribution < 1.29 is 51.0 Å². The fraction of sp³-hybridized carbons (Fsp3) is 0.553. The minimum absolute atomic E-state index is 0. The van der Waals surface area contributed by atoms with Gasteiger partial charge in [-0.3, -0.25) is 0 Å². The molecule has 41 heavy (non-hydrogen) atoms. The Balaban J connectivity index is 0.00000154. The molecule has 1 radical (unpaired) electrons. The molecule has 0 aromatic heterocycles. The molecule has 0 saturated heterocycles. The molecule has 1 saturated carbocycles. The van der Waals surface area contributed by atoms with Gasteiger partial charge in [0.15, 0.2) is 0 Å². The predicted octanol–water partition coefficient (Wildman–Crippen LogP) is 4.50. The summed E-state index contributed by atoms with van der Waals surface area (Å²) in [7, 11) is 0. The van der Waals surface area contributed by atoms with Gasteiger partial charge < -0.3 is 24.8 Å². The molecule has 3 heteroatoms. The van der Waals surface area contributed by atoms with Gasteiger partial charge in [0.1, 0.15) is 0 Å². The third-order valence-corrected chi connectivity index (χ3v) is 13.1. The topological polar surface area (TPSA) is 0 Å². The molecular weight excluding hydrogens is 619 g/mol. The van der Waals surface area contributed by atoms with E-state index in [1.54, 1.807) is 33.8 Å². The molecule has 0 nitrogen and oxygen atoms in total. The van der Waals surface area contributed by atoms with Crippen LogP contribution in [0.1, 0.15) is 99.1 Å². The number of hydrogen-bond donors (Lipinski definition) is 0. The van der Waals surface area contributed by atoms with E-state index in [2.05, 4.69) is 117 Å². The molecule has 0 amide bonds. The summed E-state index contributed by atoms with van der Waals surface area (Å²) in [6, 6.07) is 9.28. The first-order chi connectivity index (χ1) is 17.9. The zero-order chi connectivity index (χ0) is 27.3. The van der Waals surface area contributed by atoms with Gasteiger partial charge in [-0.15, -0.1) is 6.92 Å². The van der Waals surface area contributed by atoms with E-state index in [0.717, 1.165) is 6.42 Å². The monoisotopic (exact) mass is 665 g/mol. The number of allylic oxidation sites excluding steroid dienone is 10. The van der Waals surface area contributed by atoms with Gasteiger partial charge >= 0.3 is 26.2 Å². The predicted molar refractivity (Wildman–Crippen MR) is 163 cm³/mol. The first-order valence-corrected chi connectivity index (χ1v) is 15.4. The smallest absolute Gasteiger partial charge is 1.00 e. The van der Waals surface area contributed by atoms with Crippen molar-refractivity contribution in [1.82, 2.24) is 0 Å². The van der Waals surface area contributed by atoms with Crippen LogP contribution >= 0.6 is 0 Å². The van der Waals surface area contributed by atoms with Crippen molar-refractivity contribution in [1.29, 1.82) is 0 Å². The number of halogens is 2. The maximum atomic E-state index is 2.69. The average Bonchev–Trinajstić information content (AvgIpc) is 3.51. The Bertz CT molecular complexity index is 1330. The maximum Gasteiger partial charge on any atom is 3.00 e. The fourth-order valence-electron chi connectivity index (χ4n) is 9.49. The van der Waals surface area contributed by atoms with Crippen molar-refractivity contribution in [2.75, 3.05) is 0 Å². The van der Waals surface area contributed by atoms with Gasteiger partial charge in [0.25, 0.3) is 0 Å². The van der Waals surface area contributed by atoms with Crippen LogP contribution < -0.4 is 24.8 Å². The van der Waals surface area contributed by atoms with E-state index in [-0.39, 0.29) is 72.7 Å². The first-order valence-electron chi connectivity index (χ1n) is 15.4. The zero-order valence-corrected chi connectivity index (χ0v) is 30.7. The molecule has 5 aliphatic carbocycles. The average molecular weight is 668 g/mol. The van der Waals surface area contributed by atoms with Gasteiger partial charge in [-0.2, -0.15) is 11.1 Å². The Morgan fingerprint density at radius 3 is 2.29 bits per heavy atom. The standard InChI is InChI=1S/C38H49.2ClH.Zr/c1-10-11-15-25-20-21-27(22-25)29-18-14-19-30-32-28-17-13-12-16-26(28)23-31(32)33-24(2)35(3,4)36(5,6)37(7,8)38(33,9)34(29)30;;;/h12-14,16-17,19-22,27,29,34H,10-11,15,18,23H2,1-9H3;2*1H;/q-1;;;+3/p-2. The van der Waals surface area contributed by atoms with Crippen LogP contribution in [0, 0.1) is 45.3 Å². The number of unbranched alkanes of at least 4 members (excludes halogenated alkanes) is 1. The molecule has 4 unspecified atom stereocenters. The largest absolute Gasteiger partial charge is 3.00 e. The fourth-order valence-corrected chi connectivity index (χ4v) is 9.49. The second-order valence-corrected chi connectivity index (χ2v) is 14.8. The van der Waals surface area contributed by atoms with Crippen LogP contribution in [-0.2, 0) is 32.6 Å². The zero-order valence-electron chi connectivity index (χ0n) is 26.7. The summed E-state index contributed by atoms with van der Waals surface area (Å²) >= 11 is 0. The summed E-state index contributed by atoms with van der Waals surface area (Å²) in [6.07, 6.45) is 18.8. The molecule has 6 rings (SSSR count). The third kappa shape index (κ3) is 4.48. The minimum atomic E-state index is 0. The number of hydrogen-bond acceptors (Lipinski definition) is 0. The van der Waals surface area contributed by atoms with Crippen LogP contribution in [0.2, 0.25) is 0 Å². The Hall–Kier alpha value is -0.747. The molecule has 0 bridgehead atoms. The van der Waals surface area contributed by atoms with Gasteiger partial charge in [0.05, 0.1) is 0 Å². The van der Waals surface area contributed by atoms with E-state index in [1.165, 1.54) is 36.8 Å². The molecular formula is C38H49Cl2Zr. The molecule has 0 heterocycles. The van der Waals surface area contributed by atoms with Crippen LogP contribution in [0.4, 0.5) is 0 Å². The van der Waals surface area contributed by atoms with Crippen LogP contribution in [0.15, 0.2) is 76.9 Å². The summed E-state index contributed by atoms with van der Waals surface area (Å²) in [5, 5.41) is 0. The Morgan fingerprint density at radius 2 is 1.61 bits per heavy atom. The van der Waals surface area contributed by atoms with Crippen LogP contribution in [0.25, 0.3) is 5.57 Å². The molecule has 4 atom stereocenters. The first kappa shape index (κ1) is 34.7. The molecule has 0 N–H and O–H groups in total. The number of benzene rings is 1. The number of rotatable bonds is 4. The van der Waals surface area contributed by atoms with Crippen LogP contribution in [-0.4, -0.2) is 0 Å². The molecule has 5 aliphatic rings. The van der Waals surface area contributed by atoms with Crippen molar-refractivity contribution in [2.24, 2.45) is 39.4 Å². The van der Waals surface area contributed by atoms with Gasteiger partial charge in [-0.1, -0.05) is 151 Å².